The van der Waals surface area contributed by atoms with Crippen LogP contribution in [0.5, 0.6) is 11.5 Å². The van der Waals surface area contributed by atoms with E-state index in [1.807, 2.05) is 6.07 Å². The summed E-state index contributed by atoms with van der Waals surface area (Å²) >= 11 is 12.0. The fraction of sp³-hybridized carbons (Fsp3) is 0.300. The maximum absolute atomic E-state index is 12.7. The molecular weight excluding hydrogens is 403 g/mol. The number of nitrogens with one attached hydrogen (secondary N) is 1. The molecule has 1 fully saturated rings. The van der Waals surface area contributed by atoms with Crippen molar-refractivity contribution in [3.05, 3.63) is 52.0 Å². The molecule has 2 aromatic rings. The zero-order valence-electron chi connectivity index (χ0n) is 15.5. The van der Waals surface area contributed by atoms with Gasteiger partial charge in [-0.3, -0.25) is 9.59 Å². The maximum atomic E-state index is 12.7. The molecule has 1 N–H and O–H groups in total. The molecule has 148 valence electrons. The minimum atomic E-state index is -0.737. The molecule has 2 aromatic carbocycles. The molecule has 1 atom stereocenters. The van der Waals surface area contributed by atoms with E-state index in [4.69, 9.17) is 32.7 Å². The number of benzene rings is 2. The van der Waals surface area contributed by atoms with Crippen molar-refractivity contribution in [2.75, 3.05) is 25.7 Å². The second-order valence-corrected chi connectivity index (χ2v) is 7.14. The highest BCUT2D eigenvalue weighted by Crippen LogP contribution is 2.31. The summed E-state index contributed by atoms with van der Waals surface area (Å²) < 4.78 is 10.5. The first-order valence-corrected chi connectivity index (χ1v) is 9.45. The zero-order chi connectivity index (χ0) is 20.3. The fourth-order valence-corrected chi connectivity index (χ4v) is 3.43. The number of anilines is 1. The molecule has 6 nitrogen and oxygen atoms in total. The average Bonchev–Trinajstić information content (AvgIpc) is 3.09. The van der Waals surface area contributed by atoms with Crippen LogP contribution in [0, 0.1) is 5.92 Å². The van der Waals surface area contributed by atoms with E-state index in [1.165, 1.54) is 0 Å². The van der Waals surface area contributed by atoms with E-state index in [-0.39, 0.29) is 18.4 Å². The highest BCUT2D eigenvalue weighted by Gasteiger charge is 2.37. The van der Waals surface area contributed by atoms with E-state index in [0.717, 1.165) is 5.56 Å². The Morgan fingerprint density at radius 1 is 1.14 bits per heavy atom. The smallest absolute Gasteiger partial charge is 0.239 e. The van der Waals surface area contributed by atoms with Gasteiger partial charge in [0.05, 0.1) is 24.3 Å². The van der Waals surface area contributed by atoms with Gasteiger partial charge in [0.2, 0.25) is 11.8 Å². The Bertz CT molecular complexity index is 904. The number of halogens is 2. The number of carbonyl (C=O) groups excluding carboxylic acids is 2. The lowest BCUT2D eigenvalue weighted by Crippen LogP contribution is -2.36. The van der Waals surface area contributed by atoms with Crippen molar-refractivity contribution in [2.45, 2.75) is 13.0 Å². The number of hydrogen-bond donors (Lipinski definition) is 1. The topological polar surface area (TPSA) is 67.9 Å². The minimum absolute atomic E-state index is 0.252. The van der Waals surface area contributed by atoms with E-state index in [2.05, 4.69) is 5.32 Å². The number of ether oxygens (including phenoxy) is 2. The molecule has 1 aliphatic rings. The molecule has 0 saturated carbocycles. The molecule has 1 unspecified atom stereocenters. The molecule has 1 aliphatic heterocycles. The van der Waals surface area contributed by atoms with Crippen LogP contribution in [0.2, 0.25) is 10.0 Å². The van der Waals surface area contributed by atoms with E-state index >= 15 is 0 Å². The van der Waals surface area contributed by atoms with Crippen LogP contribution in [0.25, 0.3) is 0 Å². The van der Waals surface area contributed by atoms with Crippen molar-refractivity contribution in [1.82, 2.24) is 5.32 Å². The highest BCUT2D eigenvalue weighted by atomic mass is 35.5. The lowest BCUT2D eigenvalue weighted by atomic mass is 10.1. The molecule has 2 amide bonds. The largest absolute Gasteiger partial charge is 0.497 e. The van der Waals surface area contributed by atoms with Gasteiger partial charge in [-0.15, -0.1) is 0 Å². The standard InChI is InChI=1S/C20H20Cl2N2O4/c1-27-14-5-3-12(18(10-14)28-2)11-23-19(25)15-7-8-24(20(15)26)13-4-6-16(21)17(22)9-13/h3-6,9-10,15H,7-8,11H2,1-2H3,(H,23,25). The first-order valence-electron chi connectivity index (χ1n) is 8.69. The number of nitrogens with zero attached hydrogens (tertiary/aromatic N) is 1. The lowest BCUT2D eigenvalue weighted by Gasteiger charge is -2.17. The molecule has 28 heavy (non-hydrogen) atoms. The molecule has 0 bridgehead atoms. The van der Waals surface area contributed by atoms with Crippen molar-refractivity contribution < 1.29 is 19.1 Å². The quantitative estimate of drug-likeness (QED) is 0.720. The Morgan fingerprint density at radius 2 is 1.93 bits per heavy atom. The Balaban J connectivity index is 1.65. The summed E-state index contributed by atoms with van der Waals surface area (Å²) in [7, 11) is 3.12. The number of amides is 2. The van der Waals surface area contributed by atoms with Crippen LogP contribution < -0.4 is 19.7 Å². The average molecular weight is 423 g/mol. The van der Waals surface area contributed by atoms with Gasteiger partial charge in [0.1, 0.15) is 17.4 Å². The fourth-order valence-electron chi connectivity index (χ4n) is 3.14. The van der Waals surface area contributed by atoms with Gasteiger partial charge in [0, 0.05) is 30.4 Å². The third kappa shape index (κ3) is 4.18. The van der Waals surface area contributed by atoms with Crippen LogP contribution in [0.4, 0.5) is 5.69 Å². The zero-order valence-corrected chi connectivity index (χ0v) is 17.0. The Kier molecular flexibility index (Phi) is 6.31. The monoisotopic (exact) mass is 422 g/mol. The molecule has 8 heteroatoms. The minimum Gasteiger partial charge on any atom is -0.497 e. The van der Waals surface area contributed by atoms with Gasteiger partial charge in [-0.05, 0) is 36.8 Å². The molecule has 1 saturated heterocycles. The van der Waals surface area contributed by atoms with Crippen molar-refractivity contribution >= 4 is 40.7 Å². The van der Waals surface area contributed by atoms with Crippen LogP contribution >= 0.6 is 23.2 Å². The summed E-state index contributed by atoms with van der Waals surface area (Å²) in [5.41, 5.74) is 1.43. The summed E-state index contributed by atoms with van der Waals surface area (Å²) in [6.45, 7) is 0.698. The number of methoxy groups -OCH3 is 2. The van der Waals surface area contributed by atoms with Crippen molar-refractivity contribution in [3.8, 4) is 11.5 Å². The first kappa shape index (κ1) is 20.3. The van der Waals surface area contributed by atoms with Gasteiger partial charge in [0.25, 0.3) is 0 Å². The summed E-state index contributed by atoms with van der Waals surface area (Å²) in [4.78, 5) is 26.8. The summed E-state index contributed by atoms with van der Waals surface area (Å²) in [5.74, 6) is -0.0355. The van der Waals surface area contributed by atoms with Gasteiger partial charge in [-0.2, -0.15) is 0 Å². The van der Waals surface area contributed by atoms with Crippen LogP contribution in [-0.4, -0.2) is 32.6 Å². The first-order chi connectivity index (χ1) is 13.4. The van der Waals surface area contributed by atoms with Crippen LogP contribution in [-0.2, 0) is 16.1 Å². The maximum Gasteiger partial charge on any atom is 0.239 e. The molecule has 1 heterocycles. The van der Waals surface area contributed by atoms with Crippen molar-refractivity contribution in [1.29, 1.82) is 0 Å². The molecule has 3 rings (SSSR count). The summed E-state index contributed by atoms with van der Waals surface area (Å²) in [6.07, 6.45) is 0.435. The Hall–Kier alpha value is -2.44. The van der Waals surface area contributed by atoms with Gasteiger partial charge < -0.3 is 19.7 Å². The van der Waals surface area contributed by atoms with E-state index in [9.17, 15) is 9.59 Å². The van der Waals surface area contributed by atoms with E-state index in [1.54, 1.807) is 49.5 Å². The normalized spacial score (nSPS) is 16.2. The summed E-state index contributed by atoms with van der Waals surface area (Å²) in [5, 5.41) is 3.61. The van der Waals surface area contributed by atoms with Crippen LogP contribution in [0.15, 0.2) is 36.4 Å². The van der Waals surface area contributed by atoms with Gasteiger partial charge in [-0.25, -0.2) is 0 Å². The SMILES string of the molecule is COc1ccc(CNC(=O)C2CCN(c3ccc(Cl)c(Cl)c3)C2=O)c(OC)c1. The highest BCUT2D eigenvalue weighted by molar-refractivity contribution is 6.42. The Labute approximate surface area is 173 Å². The number of carbonyl (C=O) groups is 2. The second-order valence-electron chi connectivity index (χ2n) is 6.33. The van der Waals surface area contributed by atoms with Crippen LogP contribution in [0.1, 0.15) is 12.0 Å². The van der Waals surface area contributed by atoms with E-state index in [0.29, 0.717) is 40.2 Å². The number of rotatable bonds is 6. The molecule has 0 spiro atoms. The predicted molar refractivity (Wildman–Crippen MR) is 108 cm³/mol. The third-order valence-corrected chi connectivity index (χ3v) is 5.42. The second kappa shape index (κ2) is 8.71. The molecule has 0 aromatic heterocycles. The van der Waals surface area contributed by atoms with Crippen molar-refractivity contribution in [2.24, 2.45) is 5.92 Å². The van der Waals surface area contributed by atoms with Gasteiger partial charge in [-0.1, -0.05) is 23.2 Å². The van der Waals surface area contributed by atoms with Gasteiger partial charge in [0.15, 0.2) is 0 Å². The third-order valence-electron chi connectivity index (χ3n) is 4.68. The molecule has 0 radical (unpaired) electrons. The van der Waals surface area contributed by atoms with Gasteiger partial charge >= 0.3 is 0 Å². The van der Waals surface area contributed by atoms with Crippen molar-refractivity contribution in [3.63, 3.8) is 0 Å². The molecule has 0 aliphatic carbocycles. The van der Waals surface area contributed by atoms with E-state index < -0.39 is 5.92 Å². The Morgan fingerprint density at radius 3 is 2.61 bits per heavy atom. The van der Waals surface area contributed by atoms with Crippen LogP contribution in [0.3, 0.4) is 0 Å². The number of hydrogen-bond acceptors (Lipinski definition) is 4. The predicted octanol–water partition coefficient (Wildman–Crippen LogP) is 3.68. The lowest BCUT2D eigenvalue weighted by molar-refractivity contribution is -0.132. The summed E-state index contributed by atoms with van der Waals surface area (Å²) in [6, 6.07) is 10.3. The molecular formula is C20H20Cl2N2O4.